The number of nitrogens with one attached hydrogen (secondary N) is 2. The normalized spacial score (nSPS) is 21.9. The van der Waals surface area contributed by atoms with Crippen molar-refractivity contribution >= 4 is 17.8 Å². The van der Waals surface area contributed by atoms with Crippen LogP contribution in [0.3, 0.4) is 0 Å². The Morgan fingerprint density at radius 3 is 2.67 bits per heavy atom. The van der Waals surface area contributed by atoms with E-state index >= 15 is 0 Å². The minimum Gasteiger partial charge on any atom is -0.334 e. The highest BCUT2D eigenvalue weighted by Crippen LogP contribution is 2.15. The van der Waals surface area contributed by atoms with Gasteiger partial charge in [0, 0.05) is 37.1 Å². The summed E-state index contributed by atoms with van der Waals surface area (Å²) in [5.41, 5.74) is 1.15. The van der Waals surface area contributed by atoms with E-state index in [-0.39, 0.29) is 12.1 Å². The molecule has 21 heavy (non-hydrogen) atoms. The molecule has 4 nitrogen and oxygen atoms in total. The molecule has 5 heteroatoms. The summed E-state index contributed by atoms with van der Waals surface area (Å²) < 4.78 is 0. The third-order valence-electron chi connectivity index (χ3n) is 3.91. The van der Waals surface area contributed by atoms with Crippen molar-refractivity contribution in [1.29, 1.82) is 0 Å². The molecule has 116 valence electrons. The van der Waals surface area contributed by atoms with E-state index in [1.54, 1.807) is 16.7 Å². The Balaban J connectivity index is 1.81. The SMILES string of the molecule is CSc1ccc(CN(C)C(=O)NC2CCC(C)NC2)cc1. The van der Waals surface area contributed by atoms with Crippen molar-refractivity contribution in [2.45, 2.75) is 43.3 Å². The second kappa shape index (κ2) is 7.71. The monoisotopic (exact) mass is 307 g/mol. The highest BCUT2D eigenvalue weighted by molar-refractivity contribution is 7.98. The summed E-state index contributed by atoms with van der Waals surface area (Å²) in [6.07, 6.45) is 4.23. The number of hydrogen-bond donors (Lipinski definition) is 2. The Bertz CT molecular complexity index is 455. The molecule has 0 aliphatic carbocycles. The molecule has 2 unspecified atom stereocenters. The van der Waals surface area contributed by atoms with Gasteiger partial charge < -0.3 is 15.5 Å². The van der Waals surface area contributed by atoms with E-state index in [1.165, 1.54) is 4.90 Å². The van der Waals surface area contributed by atoms with Gasteiger partial charge in [-0.25, -0.2) is 4.79 Å². The summed E-state index contributed by atoms with van der Waals surface area (Å²) in [5, 5.41) is 6.51. The lowest BCUT2D eigenvalue weighted by molar-refractivity contribution is 0.198. The van der Waals surface area contributed by atoms with Gasteiger partial charge >= 0.3 is 6.03 Å². The van der Waals surface area contributed by atoms with Crippen molar-refractivity contribution in [1.82, 2.24) is 15.5 Å². The van der Waals surface area contributed by atoms with Crippen molar-refractivity contribution in [3.8, 4) is 0 Å². The van der Waals surface area contributed by atoms with E-state index in [0.29, 0.717) is 12.6 Å². The van der Waals surface area contributed by atoms with E-state index in [0.717, 1.165) is 24.9 Å². The van der Waals surface area contributed by atoms with Crippen molar-refractivity contribution in [3.05, 3.63) is 29.8 Å². The number of rotatable bonds is 4. The molecule has 1 heterocycles. The van der Waals surface area contributed by atoms with Crippen LogP contribution < -0.4 is 10.6 Å². The molecular weight excluding hydrogens is 282 g/mol. The lowest BCUT2D eigenvalue weighted by Gasteiger charge is -2.30. The number of hydrogen-bond acceptors (Lipinski definition) is 3. The maximum absolute atomic E-state index is 12.2. The number of benzene rings is 1. The van der Waals surface area contributed by atoms with Crippen LogP contribution in [0.5, 0.6) is 0 Å². The molecule has 0 aromatic heterocycles. The minimum absolute atomic E-state index is 0.00490. The van der Waals surface area contributed by atoms with Crippen LogP contribution in [-0.2, 0) is 6.54 Å². The quantitative estimate of drug-likeness (QED) is 0.841. The van der Waals surface area contributed by atoms with E-state index in [9.17, 15) is 4.79 Å². The van der Waals surface area contributed by atoms with Crippen molar-refractivity contribution in [3.63, 3.8) is 0 Å². The van der Waals surface area contributed by atoms with Crippen molar-refractivity contribution in [2.75, 3.05) is 19.8 Å². The molecular formula is C16H25N3OS. The Kier molecular flexibility index (Phi) is 5.94. The van der Waals surface area contributed by atoms with Crippen molar-refractivity contribution < 1.29 is 4.79 Å². The topological polar surface area (TPSA) is 44.4 Å². The smallest absolute Gasteiger partial charge is 0.317 e. The molecule has 1 fully saturated rings. The number of carbonyl (C=O) groups is 1. The van der Waals surface area contributed by atoms with Gasteiger partial charge in [-0.15, -0.1) is 11.8 Å². The summed E-state index contributed by atoms with van der Waals surface area (Å²) in [6.45, 7) is 3.68. The summed E-state index contributed by atoms with van der Waals surface area (Å²) in [4.78, 5) is 15.2. The molecule has 2 N–H and O–H groups in total. The van der Waals surface area contributed by atoms with Crippen LogP contribution in [-0.4, -0.2) is 42.9 Å². The maximum Gasteiger partial charge on any atom is 0.317 e. The third kappa shape index (κ3) is 4.93. The van der Waals surface area contributed by atoms with E-state index < -0.39 is 0 Å². The molecule has 0 saturated carbocycles. The van der Waals surface area contributed by atoms with Crippen LogP contribution in [0.25, 0.3) is 0 Å². The lowest BCUT2D eigenvalue weighted by Crippen LogP contribution is -2.51. The van der Waals surface area contributed by atoms with Crippen molar-refractivity contribution in [2.24, 2.45) is 0 Å². The van der Waals surface area contributed by atoms with E-state index in [2.05, 4.69) is 48.1 Å². The van der Waals surface area contributed by atoms with Crippen LogP contribution >= 0.6 is 11.8 Å². The fraction of sp³-hybridized carbons (Fsp3) is 0.562. The van der Waals surface area contributed by atoms with Crippen LogP contribution in [0, 0.1) is 0 Å². The Morgan fingerprint density at radius 1 is 1.38 bits per heavy atom. The molecule has 1 aromatic rings. The average Bonchev–Trinajstić information content (AvgIpc) is 2.50. The number of urea groups is 1. The second-order valence-electron chi connectivity index (χ2n) is 5.74. The molecule has 1 aliphatic heterocycles. The van der Waals surface area contributed by atoms with Gasteiger partial charge in [0.1, 0.15) is 0 Å². The first-order chi connectivity index (χ1) is 10.1. The highest BCUT2D eigenvalue weighted by Gasteiger charge is 2.20. The predicted molar refractivity (Wildman–Crippen MR) is 88.7 cm³/mol. The standard InChI is InChI=1S/C16H25N3OS/c1-12-4-7-14(10-17-12)18-16(20)19(2)11-13-5-8-15(21-3)9-6-13/h5-6,8-9,12,14,17H,4,7,10-11H2,1-3H3,(H,18,20). The average molecular weight is 307 g/mol. The molecule has 0 bridgehead atoms. The summed E-state index contributed by atoms with van der Waals surface area (Å²) in [6, 6.07) is 9.17. The number of nitrogens with zero attached hydrogens (tertiary/aromatic N) is 1. The minimum atomic E-state index is 0.00490. The fourth-order valence-electron chi connectivity index (χ4n) is 2.48. The van der Waals surface area contributed by atoms with Gasteiger partial charge in [0.2, 0.25) is 0 Å². The zero-order valence-electron chi connectivity index (χ0n) is 13.1. The number of carbonyl (C=O) groups excluding carboxylic acids is 1. The molecule has 1 saturated heterocycles. The molecule has 1 aromatic carbocycles. The molecule has 0 spiro atoms. The van der Waals surface area contributed by atoms with Crippen LogP contribution in [0.4, 0.5) is 4.79 Å². The van der Waals surface area contributed by atoms with E-state index in [1.807, 2.05) is 7.05 Å². The van der Waals surface area contributed by atoms with Gasteiger partial charge in [-0.1, -0.05) is 12.1 Å². The van der Waals surface area contributed by atoms with Crippen LogP contribution in [0.1, 0.15) is 25.3 Å². The first-order valence-corrected chi connectivity index (χ1v) is 8.69. The molecule has 2 rings (SSSR count). The predicted octanol–water partition coefficient (Wildman–Crippen LogP) is 2.69. The zero-order valence-corrected chi connectivity index (χ0v) is 13.9. The molecule has 2 amide bonds. The molecule has 2 atom stereocenters. The fourth-order valence-corrected chi connectivity index (χ4v) is 2.89. The van der Waals surface area contributed by atoms with Gasteiger partial charge in [0.15, 0.2) is 0 Å². The van der Waals surface area contributed by atoms with Gasteiger partial charge in [-0.2, -0.15) is 0 Å². The summed E-state index contributed by atoms with van der Waals surface area (Å²) in [5.74, 6) is 0. The summed E-state index contributed by atoms with van der Waals surface area (Å²) >= 11 is 1.73. The van der Waals surface area contributed by atoms with Gasteiger partial charge in [0.25, 0.3) is 0 Å². The molecule has 1 aliphatic rings. The largest absolute Gasteiger partial charge is 0.334 e. The first-order valence-electron chi connectivity index (χ1n) is 7.46. The first kappa shape index (κ1) is 16.2. The van der Waals surface area contributed by atoms with Crippen LogP contribution in [0.15, 0.2) is 29.2 Å². The van der Waals surface area contributed by atoms with Gasteiger partial charge in [-0.3, -0.25) is 0 Å². The summed E-state index contributed by atoms with van der Waals surface area (Å²) in [7, 11) is 1.84. The van der Waals surface area contributed by atoms with Crippen LogP contribution in [0.2, 0.25) is 0 Å². The number of piperidine rings is 1. The van der Waals surface area contributed by atoms with Gasteiger partial charge in [0.05, 0.1) is 0 Å². The Labute approximate surface area is 131 Å². The molecule has 0 radical (unpaired) electrons. The second-order valence-corrected chi connectivity index (χ2v) is 6.62. The number of amides is 2. The number of thioether (sulfide) groups is 1. The maximum atomic E-state index is 12.2. The Morgan fingerprint density at radius 2 is 2.10 bits per heavy atom. The zero-order chi connectivity index (χ0) is 15.2. The highest BCUT2D eigenvalue weighted by atomic mass is 32.2. The Hall–Kier alpha value is -1.20. The van der Waals surface area contributed by atoms with E-state index in [4.69, 9.17) is 0 Å². The lowest BCUT2D eigenvalue weighted by atomic mass is 10.0. The third-order valence-corrected chi connectivity index (χ3v) is 4.66. The van der Waals surface area contributed by atoms with Gasteiger partial charge in [-0.05, 0) is 43.7 Å².